The molecule has 1 nitrogen and oxygen atoms in total. The highest BCUT2D eigenvalue weighted by molar-refractivity contribution is 9.10. The molecule has 1 aromatic heterocycles. The second-order valence-electron chi connectivity index (χ2n) is 3.71. The van der Waals surface area contributed by atoms with Gasteiger partial charge >= 0.3 is 0 Å². The molecule has 1 aromatic carbocycles. The van der Waals surface area contributed by atoms with Crippen LogP contribution in [0.5, 0.6) is 0 Å². The number of hydrogen-bond donors (Lipinski definition) is 1. The zero-order valence-corrected chi connectivity index (χ0v) is 12.3. The Balaban J connectivity index is 0.00000128. The van der Waals surface area contributed by atoms with E-state index in [1.165, 1.54) is 19.4 Å². The van der Waals surface area contributed by atoms with Crippen LogP contribution in [0.2, 0.25) is 0 Å². The molecule has 0 aliphatic carbocycles. The van der Waals surface area contributed by atoms with Crippen molar-refractivity contribution >= 4 is 49.8 Å². The normalized spacial score (nSPS) is 12.4. The van der Waals surface area contributed by atoms with E-state index in [1.54, 1.807) is 0 Å². The molecule has 88 valence electrons. The van der Waals surface area contributed by atoms with Crippen LogP contribution in [0.25, 0.3) is 10.1 Å². The first-order valence-corrected chi connectivity index (χ1v) is 6.74. The molecule has 0 saturated carbocycles. The van der Waals surface area contributed by atoms with E-state index in [1.807, 2.05) is 11.3 Å². The van der Waals surface area contributed by atoms with Crippen molar-refractivity contribution in [1.29, 1.82) is 0 Å². The van der Waals surface area contributed by atoms with Gasteiger partial charge in [-0.15, -0.1) is 23.7 Å². The first-order chi connectivity index (χ1) is 7.22. The second-order valence-corrected chi connectivity index (χ2v) is 5.64. The fourth-order valence-corrected chi connectivity index (χ4v) is 3.65. The number of benzene rings is 1. The van der Waals surface area contributed by atoms with Crippen LogP contribution in [-0.2, 0) is 6.42 Å². The van der Waals surface area contributed by atoms with Crippen molar-refractivity contribution in [3.05, 3.63) is 33.6 Å². The van der Waals surface area contributed by atoms with Crippen molar-refractivity contribution in [2.75, 3.05) is 0 Å². The number of rotatable bonds is 3. The third-order valence-corrected chi connectivity index (χ3v) is 4.93. The van der Waals surface area contributed by atoms with Gasteiger partial charge in [-0.25, -0.2) is 0 Å². The summed E-state index contributed by atoms with van der Waals surface area (Å²) in [5, 5.41) is 1.31. The van der Waals surface area contributed by atoms with E-state index in [9.17, 15) is 0 Å². The quantitative estimate of drug-likeness (QED) is 0.893. The molecule has 1 heterocycles. The highest BCUT2D eigenvalue weighted by Crippen LogP contribution is 2.36. The zero-order chi connectivity index (χ0) is 10.8. The van der Waals surface area contributed by atoms with E-state index < -0.39 is 0 Å². The van der Waals surface area contributed by atoms with Gasteiger partial charge in [-0.3, -0.25) is 0 Å². The summed E-state index contributed by atoms with van der Waals surface area (Å²) in [4.78, 5) is 1.37. The number of hydrogen-bond acceptors (Lipinski definition) is 2. The van der Waals surface area contributed by atoms with Crippen molar-refractivity contribution in [1.82, 2.24) is 0 Å². The summed E-state index contributed by atoms with van der Waals surface area (Å²) in [7, 11) is 0. The monoisotopic (exact) mass is 319 g/mol. The van der Waals surface area contributed by atoms with Crippen molar-refractivity contribution < 1.29 is 0 Å². The second kappa shape index (κ2) is 6.01. The maximum absolute atomic E-state index is 5.98. The molecule has 2 N–H and O–H groups in total. The smallest absolute Gasteiger partial charge is 0.0393 e. The van der Waals surface area contributed by atoms with Crippen LogP contribution in [0.15, 0.2) is 28.7 Å². The van der Waals surface area contributed by atoms with Crippen molar-refractivity contribution in [3.8, 4) is 0 Å². The molecular formula is C12H15BrClNS. The Morgan fingerprint density at radius 2 is 2.06 bits per heavy atom. The molecule has 0 spiro atoms. The Bertz CT molecular complexity index is 469. The lowest BCUT2D eigenvalue weighted by Gasteiger charge is -2.06. The van der Waals surface area contributed by atoms with Crippen LogP contribution in [0.3, 0.4) is 0 Å². The first kappa shape index (κ1) is 14.0. The number of nitrogens with two attached hydrogens (primary N) is 1. The Kier molecular flexibility index (Phi) is 5.25. The summed E-state index contributed by atoms with van der Waals surface area (Å²) in [6.45, 7) is 2.13. The molecule has 2 rings (SSSR count). The largest absolute Gasteiger partial charge is 0.327 e. The van der Waals surface area contributed by atoms with Gasteiger partial charge in [0, 0.05) is 25.5 Å². The van der Waals surface area contributed by atoms with Gasteiger partial charge in [-0.05, 0) is 34.8 Å². The molecule has 0 radical (unpaired) electrons. The fraction of sp³-hybridized carbons (Fsp3) is 0.333. The Morgan fingerprint density at radius 3 is 2.69 bits per heavy atom. The minimum Gasteiger partial charge on any atom is -0.327 e. The van der Waals surface area contributed by atoms with Crippen LogP contribution < -0.4 is 5.73 Å². The average Bonchev–Trinajstić information content (AvgIpc) is 2.57. The van der Waals surface area contributed by atoms with Crippen LogP contribution >= 0.6 is 39.7 Å². The third-order valence-electron chi connectivity index (χ3n) is 2.57. The predicted octanol–water partition coefficient (Wildman–Crippen LogP) is 4.37. The molecule has 0 bridgehead atoms. The van der Waals surface area contributed by atoms with Crippen molar-refractivity contribution in [3.63, 3.8) is 0 Å². The topological polar surface area (TPSA) is 26.0 Å². The van der Waals surface area contributed by atoms with Gasteiger partial charge in [0.25, 0.3) is 0 Å². The van der Waals surface area contributed by atoms with Gasteiger partial charge in [0.15, 0.2) is 0 Å². The van der Waals surface area contributed by atoms with Crippen molar-refractivity contribution in [2.24, 2.45) is 5.73 Å². The summed E-state index contributed by atoms with van der Waals surface area (Å²) in [6.07, 6.45) is 2.00. The summed E-state index contributed by atoms with van der Waals surface area (Å²) in [5.41, 5.74) is 5.98. The summed E-state index contributed by atoms with van der Waals surface area (Å²) in [6, 6.07) is 8.73. The molecule has 0 fully saturated rings. The zero-order valence-electron chi connectivity index (χ0n) is 9.07. The molecule has 0 amide bonds. The van der Waals surface area contributed by atoms with Gasteiger partial charge in [-0.1, -0.05) is 25.1 Å². The van der Waals surface area contributed by atoms with Gasteiger partial charge < -0.3 is 5.73 Å². The van der Waals surface area contributed by atoms with E-state index in [2.05, 4.69) is 47.1 Å². The summed E-state index contributed by atoms with van der Waals surface area (Å²) < 4.78 is 2.56. The highest BCUT2D eigenvalue weighted by Gasteiger charge is 2.11. The maximum atomic E-state index is 5.98. The molecule has 1 atom stereocenters. The lowest BCUT2D eigenvalue weighted by Crippen LogP contribution is -2.20. The number of fused-ring (bicyclic) bond motifs is 1. The van der Waals surface area contributed by atoms with Crippen LogP contribution in [0, 0.1) is 0 Å². The van der Waals surface area contributed by atoms with Gasteiger partial charge in [0.2, 0.25) is 0 Å². The molecule has 16 heavy (non-hydrogen) atoms. The lowest BCUT2D eigenvalue weighted by molar-refractivity contribution is 0.651. The third kappa shape index (κ3) is 2.77. The molecular weight excluding hydrogens is 306 g/mol. The molecule has 0 aliphatic rings. The van der Waals surface area contributed by atoms with Crippen LogP contribution in [0.4, 0.5) is 0 Å². The number of thiophene rings is 1. The number of halogens is 2. The molecule has 2 aromatic rings. The minimum atomic E-state index is 0. The van der Waals surface area contributed by atoms with E-state index in [0.717, 1.165) is 12.8 Å². The molecule has 0 saturated heterocycles. The van der Waals surface area contributed by atoms with E-state index in [-0.39, 0.29) is 18.4 Å². The molecule has 1 unspecified atom stereocenters. The molecule has 0 aliphatic heterocycles. The van der Waals surface area contributed by atoms with Gasteiger partial charge in [-0.2, -0.15) is 0 Å². The van der Waals surface area contributed by atoms with E-state index >= 15 is 0 Å². The Labute approximate surface area is 115 Å². The van der Waals surface area contributed by atoms with Crippen LogP contribution in [-0.4, -0.2) is 6.04 Å². The fourth-order valence-electron chi connectivity index (χ4n) is 1.58. The van der Waals surface area contributed by atoms with Gasteiger partial charge in [0.1, 0.15) is 0 Å². The Hall–Kier alpha value is -0.0900. The standard InChI is InChI=1S/C12H14BrNS.ClH/c1-2-8(14)7-11-12(13)9-5-3-4-6-10(9)15-11;/h3-6,8H,2,7,14H2,1H3;1H. The summed E-state index contributed by atoms with van der Waals surface area (Å²) >= 11 is 5.51. The summed E-state index contributed by atoms with van der Waals surface area (Å²) in [5.74, 6) is 0. The Morgan fingerprint density at radius 1 is 1.38 bits per heavy atom. The van der Waals surface area contributed by atoms with Crippen LogP contribution in [0.1, 0.15) is 18.2 Å². The molecule has 4 heteroatoms. The highest BCUT2D eigenvalue weighted by atomic mass is 79.9. The van der Waals surface area contributed by atoms with E-state index in [0.29, 0.717) is 0 Å². The average molecular weight is 321 g/mol. The maximum Gasteiger partial charge on any atom is 0.0393 e. The predicted molar refractivity (Wildman–Crippen MR) is 78.7 cm³/mol. The SMILES string of the molecule is CCC(N)Cc1sc2ccccc2c1Br.Cl. The first-order valence-electron chi connectivity index (χ1n) is 5.14. The minimum absolute atomic E-state index is 0. The van der Waals surface area contributed by atoms with Gasteiger partial charge in [0.05, 0.1) is 0 Å². The van der Waals surface area contributed by atoms with E-state index in [4.69, 9.17) is 5.73 Å². The lowest BCUT2D eigenvalue weighted by atomic mass is 10.1. The van der Waals surface area contributed by atoms with Crippen molar-refractivity contribution in [2.45, 2.75) is 25.8 Å².